The minimum atomic E-state index is -4.16. The average Bonchev–Trinajstić information content (AvgIpc) is 3.45. The molecule has 3 rings (SSSR count). The van der Waals surface area contributed by atoms with Crippen LogP contribution in [0, 0.1) is 11.8 Å². The number of guanidine groups is 1. The number of ether oxygens (including phenoxy) is 1. The number of nitrogens with zero attached hydrogens (tertiary/aromatic N) is 4. The van der Waals surface area contributed by atoms with Crippen LogP contribution in [0.15, 0.2) is 23.3 Å². The fraction of sp³-hybridized carbons (Fsp3) is 0.727. The molecule has 6 nitrogen and oxygen atoms in total. The topological polar surface area (TPSA) is 53.0 Å². The molecule has 1 aromatic heterocycles. The number of hydrogen-bond donors (Lipinski definition) is 1. The Labute approximate surface area is 206 Å². The van der Waals surface area contributed by atoms with Crippen molar-refractivity contribution in [1.82, 2.24) is 20.1 Å². The molecule has 0 amide bonds. The molecule has 2 aliphatic rings. The van der Waals surface area contributed by atoms with Crippen LogP contribution in [-0.4, -0.2) is 72.8 Å². The Balaban J connectivity index is 0.00000363. The highest BCUT2D eigenvalue weighted by Gasteiger charge is 2.33. The van der Waals surface area contributed by atoms with Gasteiger partial charge in [0.05, 0.1) is 19.7 Å². The average molecular weight is 569 g/mol. The molecule has 182 valence electrons. The van der Waals surface area contributed by atoms with E-state index < -0.39 is 12.7 Å². The molecule has 1 aliphatic carbocycles. The van der Waals surface area contributed by atoms with Gasteiger partial charge in [0.25, 0.3) is 0 Å². The molecule has 2 heterocycles. The highest BCUT2D eigenvalue weighted by molar-refractivity contribution is 14.0. The van der Waals surface area contributed by atoms with Gasteiger partial charge in [-0.3, -0.25) is 4.90 Å². The monoisotopic (exact) mass is 569 g/mol. The Kier molecular flexibility index (Phi) is 10.8. The van der Waals surface area contributed by atoms with Crippen LogP contribution < -0.4 is 10.1 Å². The third-order valence-electron chi connectivity index (χ3n) is 5.66. The number of alkyl halides is 3. The Morgan fingerprint density at radius 3 is 2.72 bits per heavy atom. The number of likely N-dealkylation sites (tertiary alicyclic amines) is 1. The van der Waals surface area contributed by atoms with E-state index in [1.165, 1.54) is 17.7 Å². The molecule has 1 saturated heterocycles. The van der Waals surface area contributed by atoms with Gasteiger partial charge in [-0.1, -0.05) is 6.92 Å². The summed E-state index contributed by atoms with van der Waals surface area (Å²) in [5.74, 6) is 2.32. The molecule has 0 bridgehead atoms. The Hall–Kier alpha value is -1.30. The Morgan fingerprint density at radius 2 is 2.06 bits per heavy atom. The lowest BCUT2D eigenvalue weighted by molar-refractivity contribution is -0.146. The van der Waals surface area contributed by atoms with Crippen LogP contribution in [0.1, 0.15) is 38.7 Å². The maximum absolute atomic E-state index is 12.8. The highest BCUT2D eigenvalue weighted by Crippen LogP contribution is 2.29. The van der Waals surface area contributed by atoms with Crippen LogP contribution in [0.4, 0.5) is 13.2 Å². The smallest absolute Gasteiger partial charge is 0.401 e. The van der Waals surface area contributed by atoms with E-state index in [1.54, 1.807) is 13.1 Å². The fourth-order valence-electron chi connectivity index (χ4n) is 3.81. The number of hydrogen-bond acceptors (Lipinski definition) is 4. The van der Waals surface area contributed by atoms with Gasteiger partial charge in [0.2, 0.25) is 5.88 Å². The third-order valence-corrected chi connectivity index (χ3v) is 5.66. The van der Waals surface area contributed by atoms with Crippen molar-refractivity contribution in [3.8, 4) is 5.88 Å². The van der Waals surface area contributed by atoms with Crippen molar-refractivity contribution >= 4 is 29.9 Å². The maximum Gasteiger partial charge on any atom is 0.401 e. The molecule has 2 fully saturated rings. The molecular weight excluding hydrogens is 534 g/mol. The first-order valence-corrected chi connectivity index (χ1v) is 11.3. The van der Waals surface area contributed by atoms with E-state index in [9.17, 15) is 13.2 Å². The zero-order valence-corrected chi connectivity index (χ0v) is 21.2. The predicted octanol–water partition coefficient (Wildman–Crippen LogP) is 4.16. The summed E-state index contributed by atoms with van der Waals surface area (Å²) < 4.78 is 44.0. The summed E-state index contributed by atoms with van der Waals surface area (Å²) >= 11 is 0. The van der Waals surface area contributed by atoms with Crippen molar-refractivity contribution < 1.29 is 17.9 Å². The van der Waals surface area contributed by atoms with Crippen molar-refractivity contribution in [3.63, 3.8) is 0 Å². The van der Waals surface area contributed by atoms with Gasteiger partial charge < -0.3 is 15.0 Å². The first kappa shape index (κ1) is 26.9. The SMILES string of the molecule is CCNC(=NCc1ccnc(OCC2CC2)c1)N1CCC(CN(CC)CC(F)(F)F)C1.I. The lowest BCUT2D eigenvalue weighted by atomic mass is 10.1. The quantitative estimate of drug-likeness (QED) is 0.261. The van der Waals surface area contributed by atoms with Gasteiger partial charge in [0.1, 0.15) is 0 Å². The molecule has 1 atom stereocenters. The Morgan fingerprint density at radius 1 is 1.28 bits per heavy atom. The van der Waals surface area contributed by atoms with Crippen LogP contribution in [-0.2, 0) is 6.54 Å². The molecule has 10 heteroatoms. The van der Waals surface area contributed by atoms with Crippen LogP contribution in [0.2, 0.25) is 0 Å². The fourth-order valence-corrected chi connectivity index (χ4v) is 3.81. The number of aliphatic imine (C=N–C) groups is 1. The van der Waals surface area contributed by atoms with E-state index >= 15 is 0 Å². The van der Waals surface area contributed by atoms with Crippen LogP contribution in [0.25, 0.3) is 0 Å². The van der Waals surface area contributed by atoms with E-state index in [1.807, 2.05) is 19.1 Å². The normalized spacial score (nSPS) is 19.2. The van der Waals surface area contributed by atoms with E-state index in [0.717, 1.165) is 37.6 Å². The zero-order valence-electron chi connectivity index (χ0n) is 18.9. The van der Waals surface area contributed by atoms with Crippen LogP contribution in [0.5, 0.6) is 5.88 Å². The first-order valence-electron chi connectivity index (χ1n) is 11.3. The molecule has 1 N–H and O–H groups in total. The minimum absolute atomic E-state index is 0. The summed E-state index contributed by atoms with van der Waals surface area (Å²) in [6, 6.07) is 3.86. The lowest BCUT2D eigenvalue weighted by Crippen LogP contribution is -2.41. The number of pyridine rings is 1. The second-order valence-corrected chi connectivity index (χ2v) is 8.47. The van der Waals surface area contributed by atoms with Gasteiger partial charge in [-0.2, -0.15) is 13.2 Å². The van der Waals surface area contributed by atoms with Gasteiger partial charge in [0, 0.05) is 38.4 Å². The largest absolute Gasteiger partial charge is 0.477 e. The van der Waals surface area contributed by atoms with Crippen LogP contribution >= 0.6 is 24.0 Å². The molecule has 32 heavy (non-hydrogen) atoms. The van der Waals surface area contributed by atoms with Crippen LogP contribution in [0.3, 0.4) is 0 Å². The van der Waals surface area contributed by atoms with Crippen molar-refractivity contribution in [2.75, 3.05) is 45.9 Å². The predicted molar refractivity (Wildman–Crippen MR) is 131 cm³/mol. The molecule has 0 spiro atoms. The second-order valence-electron chi connectivity index (χ2n) is 8.47. The number of aromatic nitrogens is 1. The van der Waals surface area contributed by atoms with E-state index in [4.69, 9.17) is 9.73 Å². The van der Waals surface area contributed by atoms with E-state index in [-0.39, 0.29) is 29.9 Å². The molecule has 0 radical (unpaired) electrons. The summed E-state index contributed by atoms with van der Waals surface area (Å²) in [4.78, 5) is 12.7. The summed E-state index contributed by atoms with van der Waals surface area (Å²) in [6.45, 7) is 7.28. The zero-order chi connectivity index (χ0) is 22.3. The summed E-state index contributed by atoms with van der Waals surface area (Å²) in [7, 11) is 0. The molecule has 0 aromatic carbocycles. The van der Waals surface area contributed by atoms with E-state index in [2.05, 4.69) is 15.2 Å². The number of nitrogens with one attached hydrogen (secondary N) is 1. The summed E-state index contributed by atoms with van der Waals surface area (Å²) in [5.41, 5.74) is 1.02. The van der Waals surface area contributed by atoms with Gasteiger partial charge in [-0.05, 0) is 56.2 Å². The lowest BCUT2D eigenvalue weighted by Gasteiger charge is -2.26. The van der Waals surface area contributed by atoms with Gasteiger partial charge in [0.15, 0.2) is 5.96 Å². The molecular formula is C22H35F3IN5O. The summed E-state index contributed by atoms with van der Waals surface area (Å²) in [6.07, 6.45) is 0.924. The second kappa shape index (κ2) is 12.8. The van der Waals surface area contributed by atoms with Gasteiger partial charge in [-0.15, -0.1) is 24.0 Å². The standard InChI is InChI=1S/C22H34F3N5O.HI/c1-3-26-21(28-12-18-7-9-27-20(11-18)31-15-17-5-6-17)30-10-8-19(14-30)13-29(4-2)16-22(23,24)25;/h7,9,11,17,19H,3-6,8,10,12-16H2,1-2H3,(H,26,28);1H. The minimum Gasteiger partial charge on any atom is -0.477 e. The Bertz CT molecular complexity index is 730. The third kappa shape index (κ3) is 9.29. The molecule has 1 unspecified atom stereocenters. The van der Waals surface area contributed by atoms with Crippen molar-refractivity contribution in [3.05, 3.63) is 23.9 Å². The molecule has 1 saturated carbocycles. The van der Waals surface area contributed by atoms with Gasteiger partial charge in [-0.25, -0.2) is 9.98 Å². The van der Waals surface area contributed by atoms with Crippen molar-refractivity contribution in [2.24, 2.45) is 16.8 Å². The maximum atomic E-state index is 12.8. The first-order chi connectivity index (χ1) is 14.9. The van der Waals surface area contributed by atoms with Crippen molar-refractivity contribution in [1.29, 1.82) is 0 Å². The number of rotatable bonds is 10. The van der Waals surface area contributed by atoms with Gasteiger partial charge >= 0.3 is 6.18 Å². The molecule has 1 aromatic rings. The van der Waals surface area contributed by atoms with Crippen molar-refractivity contribution in [2.45, 2.75) is 45.8 Å². The highest BCUT2D eigenvalue weighted by atomic mass is 127. The summed E-state index contributed by atoms with van der Waals surface area (Å²) in [5, 5.41) is 3.32. The molecule has 1 aliphatic heterocycles. The number of halogens is 4. The van der Waals surface area contributed by atoms with E-state index in [0.29, 0.717) is 38.0 Å².